The molecule has 1 aromatic rings. The maximum Gasteiger partial charge on any atom is 0.325 e. The average molecular weight is 324 g/mol. The van der Waals surface area contributed by atoms with Crippen LogP contribution in [-0.4, -0.2) is 54.9 Å². The fourth-order valence-electron chi connectivity index (χ4n) is 2.42. The molecule has 9 heteroatoms. The molecular formula is C13H20N6O2S. The van der Waals surface area contributed by atoms with Crippen LogP contribution in [0, 0.1) is 0 Å². The Hall–Kier alpha value is -1.64. The van der Waals surface area contributed by atoms with Gasteiger partial charge in [0.1, 0.15) is 5.54 Å². The summed E-state index contributed by atoms with van der Waals surface area (Å²) in [4.78, 5) is 25.1. The predicted octanol–water partition coefficient (Wildman–Crippen LogP) is 0.962. The van der Waals surface area contributed by atoms with Crippen molar-refractivity contribution in [3.63, 3.8) is 0 Å². The average Bonchev–Trinajstić information content (AvgIpc) is 3.16. The molecule has 0 spiro atoms. The topological polar surface area (TPSA) is 93.0 Å². The Labute approximate surface area is 133 Å². The van der Waals surface area contributed by atoms with Crippen molar-refractivity contribution in [2.45, 2.75) is 50.4 Å². The number of amides is 3. The van der Waals surface area contributed by atoms with Crippen LogP contribution in [0.3, 0.4) is 0 Å². The summed E-state index contributed by atoms with van der Waals surface area (Å²) in [5.74, 6) is 2.37. The molecule has 1 saturated heterocycles. The third-order valence-corrected chi connectivity index (χ3v) is 4.84. The Morgan fingerprint density at radius 1 is 1.36 bits per heavy atom. The number of carbonyl (C=O) groups is 2. The van der Waals surface area contributed by atoms with Gasteiger partial charge in [-0.05, 0) is 49.3 Å². The highest BCUT2D eigenvalue weighted by molar-refractivity contribution is 7.98. The van der Waals surface area contributed by atoms with Gasteiger partial charge in [0, 0.05) is 6.54 Å². The van der Waals surface area contributed by atoms with E-state index in [1.807, 2.05) is 4.68 Å². The van der Waals surface area contributed by atoms with Crippen molar-refractivity contribution in [3.05, 3.63) is 5.82 Å². The molecule has 1 saturated carbocycles. The lowest BCUT2D eigenvalue weighted by molar-refractivity contribution is -0.130. The zero-order valence-corrected chi connectivity index (χ0v) is 13.6. The van der Waals surface area contributed by atoms with Crippen molar-refractivity contribution >= 4 is 23.7 Å². The summed E-state index contributed by atoms with van der Waals surface area (Å²) < 4.78 is 1.91. The summed E-state index contributed by atoms with van der Waals surface area (Å²) in [6.45, 7) is 3.90. The minimum Gasteiger partial charge on any atom is -0.324 e. The number of thioether (sulfide) groups is 1. The minimum atomic E-state index is -0.781. The normalized spacial score (nSPS) is 20.5. The molecule has 1 aliphatic carbocycles. The number of tetrazole rings is 1. The fraction of sp³-hybridized carbons (Fsp3) is 0.769. The van der Waals surface area contributed by atoms with Crippen molar-refractivity contribution in [1.82, 2.24) is 30.4 Å². The van der Waals surface area contributed by atoms with Crippen LogP contribution in [0.2, 0.25) is 0 Å². The summed E-state index contributed by atoms with van der Waals surface area (Å²) in [7, 11) is 0. The number of hydrogen-bond donors (Lipinski definition) is 1. The van der Waals surface area contributed by atoms with E-state index in [1.54, 1.807) is 25.6 Å². The standard InChI is InChI=1S/C13H20N6O2S/c1-13(2)11(20)18(12(21)14-13)6-3-7-22-8-10-15-16-17-19(10)9-4-5-9/h9H,3-8H2,1-2H3,(H,14,21). The van der Waals surface area contributed by atoms with Gasteiger partial charge in [0.05, 0.1) is 11.8 Å². The number of nitrogens with zero attached hydrogens (tertiary/aromatic N) is 5. The zero-order chi connectivity index (χ0) is 15.7. The first-order valence-corrected chi connectivity index (χ1v) is 8.63. The second kappa shape index (κ2) is 5.86. The van der Waals surface area contributed by atoms with E-state index in [0.717, 1.165) is 36.6 Å². The lowest BCUT2D eigenvalue weighted by Crippen LogP contribution is -2.40. The molecule has 0 radical (unpaired) electrons. The van der Waals surface area contributed by atoms with Gasteiger partial charge in [-0.25, -0.2) is 9.48 Å². The van der Waals surface area contributed by atoms with Gasteiger partial charge >= 0.3 is 6.03 Å². The van der Waals surface area contributed by atoms with Crippen molar-refractivity contribution in [1.29, 1.82) is 0 Å². The quantitative estimate of drug-likeness (QED) is 0.593. The molecule has 8 nitrogen and oxygen atoms in total. The predicted molar refractivity (Wildman–Crippen MR) is 81.2 cm³/mol. The fourth-order valence-corrected chi connectivity index (χ4v) is 3.27. The van der Waals surface area contributed by atoms with Crippen LogP contribution in [0.4, 0.5) is 4.79 Å². The van der Waals surface area contributed by atoms with Gasteiger partial charge in [-0.1, -0.05) is 0 Å². The maximum absolute atomic E-state index is 12.0. The first-order chi connectivity index (χ1) is 10.5. The number of carbonyl (C=O) groups excluding carboxylic acids is 2. The van der Waals surface area contributed by atoms with Crippen LogP contribution >= 0.6 is 11.8 Å². The number of rotatable bonds is 7. The number of nitrogens with one attached hydrogen (secondary N) is 1. The molecule has 2 fully saturated rings. The first kappa shape index (κ1) is 15.3. The van der Waals surface area contributed by atoms with Crippen LogP contribution in [0.1, 0.15) is 45.0 Å². The van der Waals surface area contributed by atoms with Gasteiger partial charge in [-0.2, -0.15) is 11.8 Å². The summed E-state index contributed by atoms with van der Waals surface area (Å²) >= 11 is 1.72. The van der Waals surface area contributed by atoms with Gasteiger partial charge in [0.2, 0.25) is 0 Å². The largest absolute Gasteiger partial charge is 0.325 e. The van der Waals surface area contributed by atoms with Gasteiger partial charge < -0.3 is 5.32 Å². The second-order valence-electron chi connectivity index (χ2n) is 6.19. The summed E-state index contributed by atoms with van der Waals surface area (Å²) in [6, 6.07) is 0.191. The van der Waals surface area contributed by atoms with E-state index >= 15 is 0 Å². The van der Waals surface area contributed by atoms with Crippen LogP contribution in [0.25, 0.3) is 0 Å². The molecular weight excluding hydrogens is 304 g/mol. The summed E-state index contributed by atoms with van der Waals surface area (Å²) in [6.07, 6.45) is 3.08. The maximum atomic E-state index is 12.0. The molecule has 0 bridgehead atoms. The molecule has 0 aromatic carbocycles. The van der Waals surface area contributed by atoms with Crippen molar-refractivity contribution in [2.24, 2.45) is 0 Å². The summed E-state index contributed by atoms with van der Waals surface area (Å²) in [5, 5.41) is 14.5. The van der Waals surface area contributed by atoms with E-state index in [1.165, 1.54) is 4.90 Å². The molecule has 0 atom stereocenters. The molecule has 1 N–H and O–H groups in total. The number of urea groups is 1. The highest BCUT2D eigenvalue weighted by Gasteiger charge is 2.43. The van der Waals surface area contributed by atoms with Gasteiger partial charge in [-0.3, -0.25) is 9.69 Å². The summed E-state index contributed by atoms with van der Waals surface area (Å²) in [5.41, 5.74) is -0.781. The Balaban J connectivity index is 1.40. The van der Waals surface area contributed by atoms with Crippen LogP contribution in [-0.2, 0) is 10.5 Å². The molecule has 2 aliphatic rings. The Kier molecular flexibility index (Phi) is 4.07. The Bertz CT molecular complexity index is 583. The lowest BCUT2D eigenvalue weighted by Gasteiger charge is -2.15. The van der Waals surface area contributed by atoms with Crippen LogP contribution in [0.15, 0.2) is 0 Å². The molecule has 1 aliphatic heterocycles. The van der Waals surface area contributed by atoms with Crippen molar-refractivity contribution in [3.8, 4) is 0 Å². The number of aromatic nitrogens is 4. The van der Waals surface area contributed by atoms with E-state index in [9.17, 15) is 9.59 Å². The SMILES string of the molecule is CC1(C)NC(=O)N(CCCSCc2nnnn2C2CC2)C1=O. The molecule has 2 heterocycles. The molecule has 3 rings (SSSR count). The lowest BCUT2D eigenvalue weighted by atomic mass is 10.1. The molecule has 3 amide bonds. The second-order valence-corrected chi connectivity index (χ2v) is 7.29. The highest BCUT2D eigenvalue weighted by atomic mass is 32.2. The highest BCUT2D eigenvalue weighted by Crippen LogP contribution is 2.34. The van der Waals surface area contributed by atoms with Crippen molar-refractivity contribution in [2.75, 3.05) is 12.3 Å². The van der Waals surface area contributed by atoms with Crippen LogP contribution < -0.4 is 5.32 Å². The molecule has 22 heavy (non-hydrogen) atoms. The van der Waals surface area contributed by atoms with E-state index in [4.69, 9.17) is 0 Å². The molecule has 0 unspecified atom stereocenters. The third-order valence-electron chi connectivity index (χ3n) is 3.80. The van der Waals surface area contributed by atoms with E-state index in [0.29, 0.717) is 12.6 Å². The Morgan fingerprint density at radius 3 is 2.77 bits per heavy atom. The molecule has 1 aromatic heterocycles. The van der Waals surface area contributed by atoms with Gasteiger partial charge in [0.15, 0.2) is 5.82 Å². The minimum absolute atomic E-state index is 0.153. The number of hydrogen-bond acceptors (Lipinski definition) is 6. The van der Waals surface area contributed by atoms with Crippen LogP contribution in [0.5, 0.6) is 0 Å². The van der Waals surface area contributed by atoms with E-state index in [2.05, 4.69) is 20.8 Å². The van der Waals surface area contributed by atoms with Crippen molar-refractivity contribution < 1.29 is 9.59 Å². The van der Waals surface area contributed by atoms with Gasteiger partial charge in [-0.15, -0.1) is 5.10 Å². The monoisotopic (exact) mass is 324 g/mol. The Morgan fingerprint density at radius 2 is 2.14 bits per heavy atom. The zero-order valence-electron chi connectivity index (χ0n) is 12.8. The third kappa shape index (κ3) is 3.08. The van der Waals surface area contributed by atoms with E-state index in [-0.39, 0.29) is 11.9 Å². The van der Waals surface area contributed by atoms with E-state index < -0.39 is 5.54 Å². The number of imide groups is 1. The first-order valence-electron chi connectivity index (χ1n) is 7.47. The van der Waals surface area contributed by atoms with Gasteiger partial charge in [0.25, 0.3) is 5.91 Å². The molecule has 120 valence electrons. The smallest absolute Gasteiger partial charge is 0.324 e.